The van der Waals surface area contributed by atoms with Crippen LogP contribution in [0.15, 0.2) is 29.2 Å². The Balaban J connectivity index is 1.54. The van der Waals surface area contributed by atoms with E-state index in [1.165, 1.54) is 12.8 Å². The van der Waals surface area contributed by atoms with Crippen molar-refractivity contribution in [3.8, 4) is 17.5 Å². The summed E-state index contributed by atoms with van der Waals surface area (Å²) >= 11 is 0. The SMILES string of the molecule is C[Si](C)(C)CCOCn1ccc2c(-c3cnc([C@@H](CC#N)C4CCCC4)o3)ncnc21. The van der Waals surface area contributed by atoms with Gasteiger partial charge in [-0.1, -0.05) is 32.5 Å². The molecule has 0 aromatic carbocycles. The van der Waals surface area contributed by atoms with Gasteiger partial charge in [0.1, 0.15) is 24.4 Å². The number of hydrogen-bond acceptors (Lipinski definition) is 6. The van der Waals surface area contributed by atoms with Crippen LogP contribution in [0.1, 0.15) is 43.9 Å². The van der Waals surface area contributed by atoms with Gasteiger partial charge in [0.2, 0.25) is 0 Å². The summed E-state index contributed by atoms with van der Waals surface area (Å²) in [5.41, 5.74) is 1.55. The van der Waals surface area contributed by atoms with Gasteiger partial charge in [-0.2, -0.15) is 5.26 Å². The first kappa shape index (κ1) is 21.7. The highest BCUT2D eigenvalue weighted by Crippen LogP contribution is 2.40. The van der Waals surface area contributed by atoms with E-state index in [9.17, 15) is 5.26 Å². The van der Waals surface area contributed by atoms with Gasteiger partial charge in [0, 0.05) is 32.7 Å². The zero-order chi connectivity index (χ0) is 21.8. The molecule has 0 bridgehead atoms. The molecule has 0 N–H and O–H groups in total. The number of ether oxygens (including phenoxy) is 1. The van der Waals surface area contributed by atoms with Crippen molar-refractivity contribution in [2.45, 2.75) is 70.4 Å². The molecule has 0 unspecified atom stereocenters. The number of fused-ring (bicyclic) bond motifs is 1. The molecule has 4 rings (SSSR count). The minimum absolute atomic E-state index is 0.0583. The van der Waals surface area contributed by atoms with Gasteiger partial charge in [0.05, 0.1) is 18.2 Å². The second kappa shape index (κ2) is 9.33. The molecule has 1 atom stereocenters. The van der Waals surface area contributed by atoms with Crippen LogP contribution in [0.4, 0.5) is 0 Å². The zero-order valence-electron chi connectivity index (χ0n) is 18.7. The van der Waals surface area contributed by atoms with E-state index in [4.69, 9.17) is 9.15 Å². The Hall–Kier alpha value is -2.50. The standard InChI is InChI=1S/C23H31N5O2Si/c1-31(2,3)13-12-29-16-28-11-9-19-21(26-15-27-22(19)28)20-14-25-23(30-20)18(8-10-24)17-6-4-5-7-17/h9,11,14-15,17-18H,4-8,12-13,16H2,1-3H3/t18-/m0/s1. The van der Waals surface area contributed by atoms with Crippen molar-refractivity contribution in [1.82, 2.24) is 19.5 Å². The third kappa shape index (κ3) is 5.05. The lowest BCUT2D eigenvalue weighted by Gasteiger charge is -2.17. The first-order chi connectivity index (χ1) is 15.0. The number of hydrogen-bond donors (Lipinski definition) is 0. The Morgan fingerprint density at radius 3 is 2.81 bits per heavy atom. The maximum Gasteiger partial charge on any atom is 0.199 e. The van der Waals surface area contributed by atoms with E-state index in [1.54, 1.807) is 12.5 Å². The molecule has 1 fully saturated rings. The average molecular weight is 438 g/mol. The monoisotopic (exact) mass is 437 g/mol. The third-order valence-electron chi connectivity index (χ3n) is 6.14. The van der Waals surface area contributed by atoms with Crippen molar-refractivity contribution in [3.05, 3.63) is 30.7 Å². The quantitative estimate of drug-likeness (QED) is 0.320. The lowest BCUT2D eigenvalue weighted by atomic mass is 9.88. The molecule has 3 aromatic heterocycles. The summed E-state index contributed by atoms with van der Waals surface area (Å²) < 4.78 is 14.1. The molecule has 0 saturated heterocycles. The van der Waals surface area contributed by atoms with Crippen LogP contribution < -0.4 is 0 Å². The third-order valence-corrected chi connectivity index (χ3v) is 7.84. The van der Waals surface area contributed by atoms with E-state index in [2.05, 4.69) is 40.7 Å². The van der Waals surface area contributed by atoms with E-state index in [-0.39, 0.29) is 5.92 Å². The maximum atomic E-state index is 9.31. The van der Waals surface area contributed by atoms with Crippen LogP contribution in [0.2, 0.25) is 25.7 Å². The Labute approximate surface area is 184 Å². The summed E-state index contributed by atoms with van der Waals surface area (Å²) in [6.45, 7) is 8.28. The van der Waals surface area contributed by atoms with Crippen molar-refractivity contribution >= 4 is 19.1 Å². The Morgan fingerprint density at radius 2 is 2.06 bits per heavy atom. The number of nitrogens with zero attached hydrogens (tertiary/aromatic N) is 5. The van der Waals surface area contributed by atoms with E-state index >= 15 is 0 Å². The van der Waals surface area contributed by atoms with E-state index in [0.29, 0.717) is 30.7 Å². The molecule has 8 heteroatoms. The summed E-state index contributed by atoms with van der Waals surface area (Å²) in [7, 11) is -1.11. The number of nitriles is 1. The predicted octanol–water partition coefficient (Wildman–Crippen LogP) is 5.59. The van der Waals surface area contributed by atoms with Crippen LogP contribution in [0.3, 0.4) is 0 Å². The first-order valence-corrected chi connectivity index (χ1v) is 14.9. The van der Waals surface area contributed by atoms with Gasteiger partial charge in [0.25, 0.3) is 0 Å². The molecule has 7 nitrogen and oxygen atoms in total. The summed E-state index contributed by atoms with van der Waals surface area (Å²) in [5, 5.41) is 10.2. The largest absolute Gasteiger partial charge is 0.439 e. The van der Waals surface area contributed by atoms with Crippen molar-refractivity contribution in [1.29, 1.82) is 5.26 Å². The van der Waals surface area contributed by atoms with Crippen LogP contribution in [-0.2, 0) is 11.5 Å². The molecule has 0 spiro atoms. The summed E-state index contributed by atoms with van der Waals surface area (Å²) in [6, 6.07) is 5.45. The van der Waals surface area contributed by atoms with Gasteiger partial charge in [0.15, 0.2) is 11.7 Å². The topological polar surface area (TPSA) is 89.8 Å². The molecule has 3 heterocycles. The van der Waals surface area contributed by atoms with Crippen molar-refractivity contribution < 1.29 is 9.15 Å². The Morgan fingerprint density at radius 1 is 1.26 bits per heavy atom. The van der Waals surface area contributed by atoms with Gasteiger partial charge < -0.3 is 13.7 Å². The molecule has 31 heavy (non-hydrogen) atoms. The van der Waals surface area contributed by atoms with Gasteiger partial charge in [-0.15, -0.1) is 0 Å². The van der Waals surface area contributed by atoms with Gasteiger partial charge >= 0.3 is 0 Å². The van der Waals surface area contributed by atoms with Gasteiger partial charge in [-0.05, 0) is 30.9 Å². The zero-order valence-corrected chi connectivity index (χ0v) is 19.7. The minimum Gasteiger partial charge on any atom is -0.439 e. The van der Waals surface area contributed by atoms with Crippen molar-refractivity contribution in [2.75, 3.05) is 6.61 Å². The lowest BCUT2D eigenvalue weighted by Crippen LogP contribution is -2.22. The lowest BCUT2D eigenvalue weighted by molar-refractivity contribution is 0.0899. The average Bonchev–Trinajstić information content (AvgIpc) is 3.50. The predicted molar refractivity (Wildman–Crippen MR) is 122 cm³/mol. The first-order valence-electron chi connectivity index (χ1n) is 11.2. The summed E-state index contributed by atoms with van der Waals surface area (Å²) in [5.74, 6) is 1.82. The Kier molecular flexibility index (Phi) is 6.53. The van der Waals surface area contributed by atoms with Crippen LogP contribution in [-0.4, -0.2) is 34.2 Å². The van der Waals surface area contributed by atoms with Crippen molar-refractivity contribution in [2.24, 2.45) is 5.92 Å². The fourth-order valence-electron chi connectivity index (χ4n) is 4.33. The molecule has 0 aliphatic heterocycles. The molecule has 1 aliphatic rings. The van der Waals surface area contributed by atoms with Gasteiger partial charge in [-0.3, -0.25) is 0 Å². The van der Waals surface area contributed by atoms with E-state index in [0.717, 1.165) is 42.2 Å². The second-order valence-electron chi connectivity index (χ2n) is 9.67. The molecule has 1 aliphatic carbocycles. The maximum absolute atomic E-state index is 9.31. The van der Waals surface area contributed by atoms with Crippen molar-refractivity contribution in [3.63, 3.8) is 0 Å². The fraction of sp³-hybridized carbons (Fsp3) is 0.565. The molecule has 0 radical (unpaired) electrons. The van der Waals surface area contributed by atoms with Crippen LogP contribution in [0.25, 0.3) is 22.5 Å². The fourth-order valence-corrected chi connectivity index (χ4v) is 5.08. The number of rotatable bonds is 9. The number of oxazole rings is 1. The van der Waals surface area contributed by atoms with Crippen LogP contribution in [0.5, 0.6) is 0 Å². The summed E-state index contributed by atoms with van der Waals surface area (Å²) in [4.78, 5) is 13.5. The molecular weight excluding hydrogens is 406 g/mol. The van der Waals surface area contributed by atoms with Gasteiger partial charge in [-0.25, -0.2) is 15.0 Å². The number of aromatic nitrogens is 4. The minimum atomic E-state index is -1.11. The highest BCUT2D eigenvalue weighted by molar-refractivity contribution is 6.76. The normalized spacial score (nSPS) is 16.1. The molecule has 1 saturated carbocycles. The molecule has 164 valence electrons. The molecule has 3 aromatic rings. The summed E-state index contributed by atoms with van der Waals surface area (Å²) in [6.07, 6.45) is 10.4. The highest BCUT2D eigenvalue weighted by atomic mass is 28.3. The highest BCUT2D eigenvalue weighted by Gasteiger charge is 2.30. The van der Waals surface area contributed by atoms with Crippen LogP contribution >= 0.6 is 0 Å². The molecular formula is C23H31N5O2Si. The molecule has 0 amide bonds. The second-order valence-corrected chi connectivity index (χ2v) is 15.3. The van der Waals surface area contributed by atoms with E-state index < -0.39 is 8.07 Å². The smallest absolute Gasteiger partial charge is 0.199 e. The van der Waals surface area contributed by atoms with Crippen LogP contribution in [0, 0.1) is 17.2 Å². The Bertz CT molecular complexity index is 1060. The van der Waals surface area contributed by atoms with E-state index in [1.807, 2.05) is 16.8 Å².